The van der Waals surface area contributed by atoms with Crippen molar-refractivity contribution in [1.29, 1.82) is 0 Å². The van der Waals surface area contributed by atoms with Gasteiger partial charge in [0, 0.05) is 0 Å². The highest BCUT2D eigenvalue weighted by atomic mass is 35.5. The average molecular weight is 324 g/mol. The van der Waals surface area contributed by atoms with E-state index in [2.05, 4.69) is 42.2 Å². The fourth-order valence-corrected chi connectivity index (χ4v) is 3.54. The Morgan fingerprint density at radius 1 is 0.909 bits per heavy atom. The standard InChI is InChI=1S/C20H33N.ClH/c1-2-3-4-7-14-20(19-12-8-5-9-13-19)15-18-21-16-10-6-11-17-21;/h5,8-9,12-13,20H,2-4,6-7,10-11,14-18H2,1H3;1H. The normalized spacial score (nSPS) is 17.0. The van der Waals surface area contributed by atoms with Crippen molar-refractivity contribution in [2.45, 2.75) is 70.6 Å². The molecular formula is C20H34ClN. The van der Waals surface area contributed by atoms with Crippen LogP contribution in [0, 0.1) is 0 Å². The van der Waals surface area contributed by atoms with Crippen molar-refractivity contribution in [2.75, 3.05) is 19.6 Å². The molecule has 0 N–H and O–H groups in total. The van der Waals surface area contributed by atoms with E-state index in [0.717, 1.165) is 5.92 Å². The number of piperidine rings is 1. The molecule has 1 aromatic rings. The van der Waals surface area contributed by atoms with Crippen molar-refractivity contribution in [3.05, 3.63) is 35.9 Å². The second-order valence-electron chi connectivity index (χ2n) is 6.65. The maximum Gasteiger partial charge on any atom is -0.00129 e. The maximum absolute atomic E-state index is 2.69. The predicted octanol–water partition coefficient (Wildman–Crippen LogP) is 6.04. The van der Waals surface area contributed by atoms with Gasteiger partial charge in [0.15, 0.2) is 0 Å². The smallest absolute Gasteiger partial charge is 0.00129 e. The highest BCUT2D eigenvalue weighted by Gasteiger charge is 2.15. The molecule has 1 aliphatic rings. The lowest BCUT2D eigenvalue weighted by Gasteiger charge is -2.28. The third kappa shape index (κ3) is 7.15. The number of hydrogen-bond donors (Lipinski definition) is 0. The van der Waals surface area contributed by atoms with E-state index in [0.29, 0.717) is 0 Å². The SMILES string of the molecule is CCCCCCC(CCN1CCCCC1)c1ccccc1.Cl. The molecule has 1 heterocycles. The second kappa shape index (κ2) is 12.0. The summed E-state index contributed by atoms with van der Waals surface area (Å²) in [5.41, 5.74) is 1.56. The molecule has 2 heteroatoms. The molecule has 0 spiro atoms. The minimum Gasteiger partial charge on any atom is -0.303 e. The lowest BCUT2D eigenvalue weighted by Crippen LogP contribution is -2.31. The van der Waals surface area contributed by atoms with Crippen molar-refractivity contribution in [3.8, 4) is 0 Å². The van der Waals surface area contributed by atoms with E-state index in [1.165, 1.54) is 77.4 Å². The highest BCUT2D eigenvalue weighted by molar-refractivity contribution is 5.85. The van der Waals surface area contributed by atoms with Crippen molar-refractivity contribution in [2.24, 2.45) is 0 Å². The molecule has 1 aliphatic heterocycles. The van der Waals surface area contributed by atoms with Gasteiger partial charge in [0.05, 0.1) is 0 Å². The van der Waals surface area contributed by atoms with Crippen LogP contribution in [0.15, 0.2) is 30.3 Å². The topological polar surface area (TPSA) is 3.24 Å². The van der Waals surface area contributed by atoms with Gasteiger partial charge in [0.25, 0.3) is 0 Å². The Bertz CT molecular complexity index is 359. The van der Waals surface area contributed by atoms with Gasteiger partial charge in [-0.1, -0.05) is 69.4 Å². The van der Waals surface area contributed by atoms with Gasteiger partial charge in [-0.15, -0.1) is 12.4 Å². The van der Waals surface area contributed by atoms with Crippen LogP contribution in [0.5, 0.6) is 0 Å². The molecule has 0 saturated carbocycles. The zero-order chi connectivity index (χ0) is 14.8. The molecule has 0 radical (unpaired) electrons. The summed E-state index contributed by atoms with van der Waals surface area (Å²) in [6.07, 6.45) is 12.5. The van der Waals surface area contributed by atoms with Crippen LogP contribution in [0.2, 0.25) is 0 Å². The molecule has 0 aromatic heterocycles. The van der Waals surface area contributed by atoms with E-state index >= 15 is 0 Å². The number of halogens is 1. The molecule has 126 valence electrons. The van der Waals surface area contributed by atoms with Crippen molar-refractivity contribution in [3.63, 3.8) is 0 Å². The molecule has 0 bridgehead atoms. The van der Waals surface area contributed by atoms with Gasteiger partial charge in [-0.2, -0.15) is 0 Å². The third-order valence-corrected chi connectivity index (χ3v) is 4.92. The largest absolute Gasteiger partial charge is 0.303 e. The molecule has 1 unspecified atom stereocenters. The van der Waals surface area contributed by atoms with Gasteiger partial charge in [0.1, 0.15) is 0 Å². The first-order valence-electron chi connectivity index (χ1n) is 9.17. The number of likely N-dealkylation sites (tertiary alicyclic amines) is 1. The first kappa shape index (κ1) is 19.5. The van der Waals surface area contributed by atoms with Crippen LogP contribution < -0.4 is 0 Å². The van der Waals surface area contributed by atoms with Gasteiger partial charge >= 0.3 is 0 Å². The molecule has 0 amide bonds. The molecule has 1 fully saturated rings. The Balaban J connectivity index is 0.00000242. The number of hydrogen-bond acceptors (Lipinski definition) is 1. The lowest BCUT2D eigenvalue weighted by molar-refractivity contribution is 0.219. The van der Waals surface area contributed by atoms with Crippen LogP contribution in [-0.4, -0.2) is 24.5 Å². The van der Waals surface area contributed by atoms with E-state index in [1.807, 2.05) is 0 Å². The van der Waals surface area contributed by atoms with E-state index in [1.54, 1.807) is 5.56 Å². The summed E-state index contributed by atoms with van der Waals surface area (Å²) in [5, 5.41) is 0. The van der Waals surface area contributed by atoms with Gasteiger partial charge in [0.2, 0.25) is 0 Å². The molecular weight excluding hydrogens is 290 g/mol. The zero-order valence-corrected chi connectivity index (χ0v) is 15.1. The summed E-state index contributed by atoms with van der Waals surface area (Å²) >= 11 is 0. The molecule has 1 aromatic carbocycles. The lowest BCUT2D eigenvalue weighted by atomic mass is 9.90. The molecule has 0 aliphatic carbocycles. The van der Waals surface area contributed by atoms with E-state index < -0.39 is 0 Å². The van der Waals surface area contributed by atoms with Crippen LogP contribution >= 0.6 is 12.4 Å². The van der Waals surface area contributed by atoms with Crippen LogP contribution in [-0.2, 0) is 0 Å². The molecule has 1 atom stereocenters. The number of nitrogens with zero attached hydrogens (tertiary/aromatic N) is 1. The maximum atomic E-state index is 2.69. The molecule has 1 nitrogen and oxygen atoms in total. The summed E-state index contributed by atoms with van der Waals surface area (Å²) in [4.78, 5) is 2.69. The monoisotopic (exact) mass is 323 g/mol. The Labute approximate surface area is 143 Å². The first-order chi connectivity index (χ1) is 10.4. The minimum absolute atomic E-state index is 0. The summed E-state index contributed by atoms with van der Waals surface area (Å²) < 4.78 is 0. The quantitative estimate of drug-likeness (QED) is 0.501. The fraction of sp³-hybridized carbons (Fsp3) is 0.700. The van der Waals surface area contributed by atoms with Crippen LogP contribution in [0.3, 0.4) is 0 Å². The van der Waals surface area contributed by atoms with E-state index in [4.69, 9.17) is 0 Å². The van der Waals surface area contributed by atoms with E-state index in [9.17, 15) is 0 Å². The van der Waals surface area contributed by atoms with Crippen molar-refractivity contribution in [1.82, 2.24) is 4.90 Å². The highest BCUT2D eigenvalue weighted by Crippen LogP contribution is 2.27. The summed E-state index contributed by atoms with van der Waals surface area (Å²) in [6.45, 7) is 6.26. The Morgan fingerprint density at radius 2 is 1.64 bits per heavy atom. The minimum atomic E-state index is 0. The first-order valence-corrected chi connectivity index (χ1v) is 9.17. The van der Waals surface area contributed by atoms with Crippen LogP contribution in [0.1, 0.15) is 76.2 Å². The predicted molar refractivity (Wildman–Crippen MR) is 100 cm³/mol. The summed E-state index contributed by atoms with van der Waals surface area (Å²) in [5.74, 6) is 0.769. The zero-order valence-electron chi connectivity index (χ0n) is 14.3. The summed E-state index contributed by atoms with van der Waals surface area (Å²) in [7, 11) is 0. The number of rotatable bonds is 9. The summed E-state index contributed by atoms with van der Waals surface area (Å²) in [6, 6.07) is 11.2. The van der Waals surface area contributed by atoms with Crippen molar-refractivity contribution < 1.29 is 0 Å². The van der Waals surface area contributed by atoms with Crippen LogP contribution in [0.25, 0.3) is 0 Å². The molecule has 1 saturated heterocycles. The van der Waals surface area contributed by atoms with Gasteiger partial charge in [-0.25, -0.2) is 0 Å². The molecule has 2 rings (SSSR count). The molecule has 22 heavy (non-hydrogen) atoms. The van der Waals surface area contributed by atoms with E-state index in [-0.39, 0.29) is 12.4 Å². The second-order valence-corrected chi connectivity index (χ2v) is 6.65. The van der Waals surface area contributed by atoms with Gasteiger partial charge in [-0.3, -0.25) is 0 Å². The third-order valence-electron chi connectivity index (χ3n) is 4.92. The Morgan fingerprint density at radius 3 is 2.32 bits per heavy atom. The Kier molecular flexibility index (Phi) is 10.6. The fourth-order valence-electron chi connectivity index (χ4n) is 3.54. The van der Waals surface area contributed by atoms with Gasteiger partial charge < -0.3 is 4.90 Å². The van der Waals surface area contributed by atoms with Gasteiger partial charge in [-0.05, 0) is 56.8 Å². The number of benzene rings is 1. The Hall–Kier alpha value is -0.530. The van der Waals surface area contributed by atoms with Crippen LogP contribution in [0.4, 0.5) is 0 Å². The van der Waals surface area contributed by atoms with Crippen molar-refractivity contribution >= 4 is 12.4 Å². The number of unbranched alkanes of at least 4 members (excludes halogenated alkanes) is 3. The average Bonchev–Trinajstić information content (AvgIpc) is 2.56.